The molecule has 12 heteroatoms. The van der Waals surface area contributed by atoms with Gasteiger partial charge in [0.05, 0.1) is 36.4 Å². The third-order valence-electron chi connectivity index (χ3n) is 4.44. The molecular weight excluding hydrogens is 433 g/mol. The van der Waals surface area contributed by atoms with Crippen LogP contribution < -0.4 is 15.7 Å². The molecule has 1 aromatic carbocycles. The molecule has 0 aliphatic carbocycles. The van der Waals surface area contributed by atoms with E-state index in [9.17, 15) is 27.9 Å². The van der Waals surface area contributed by atoms with Crippen LogP contribution in [0.4, 0.5) is 23.7 Å². The lowest BCUT2D eigenvalue weighted by Gasteiger charge is -2.11. The summed E-state index contributed by atoms with van der Waals surface area (Å²) < 4.78 is 47.9. The smallest absolute Gasteiger partial charge is 0.493 e. The zero-order valence-electron chi connectivity index (χ0n) is 17.0. The number of halogens is 3. The summed E-state index contributed by atoms with van der Waals surface area (Å²) in [5.41, 5.74) is 0.554. The number of nitrogens with one attached hydrogen (secondary N) is 1. The standard InChI is InChI=1S/C20H19F3N4O5/c1-3-31-18(29)25-16-10-24-9-8-13(16)11-26-12(2)17(28)27(19(26)30)14-4-6-15(7-5-14)32-20(21,22)23/h4-10,28H,3,11H2,1-2H3,(H,25,29). The van der Waals surface area contributed by atoms with Crippen LogP contribution in [0.1, 0.15) is 18.2 Å². The van der Waals surface area contributed by atoms with Crippen LogP contribution in [0, 0.1) is 6.92 Å². The highest BCUT2D eigenvalue weighted by Crippen LogP contribution is 2.26. The van der Waals surface area contributed by atoms with Gasteiger partial charge in [0.2, 0.25) is 5.88 Å². The number of ether oxygens (including phenoxy) is 2. The van der Waals surface area contributed by atoms with Crippen LogP contribution in [-0.4, -0.2) is 38.3 Å². The third-order valence-corrected chi connectivity index (χ3v) is 4.44. The monoisotopic (exact) mass is 452 g/mol. The molecule has 32 heavy (non-hydrogen) atoms. The molecule has 0 fully saturated rings. The van der Waals surface area contributed by atoms with Crippen LogP contribution in [-0.2, 0) is 11.3 Å². The Balaban J connectivity index is 1.93. The van der Waals surface area contributed by atoms with Crippen molar-refractivity contribution in [3.05, 3.63) is 64.5 Å². The maximum Gasteiger partial charge on any atom is 0.573 e. The molecule has 3 rings (SSSR count). The van der Waals surface area contributed by atoms with Gasteiger partial charge in [-0.3, -0.25) is 14.9 Å². The SMILES string of the molecule is CCOC(=O)Nc1cnccc1Cn1c(C)c(O)n(-c2ccc(OC(F)(F)F)cc2)c1=O. The van der Waals surface area contributed by atoms with Gasteiger partial charge >= 0.3 is 18.1 Å². The number of aromatic nitrogens is 3. The quantitative estimate of drug-likeness (QED) is 0.592. The molecule has 0 saturated carbocycles. The number of hydrogen-bond acceptors (Lipinski definition) is 6. The van der Waals surface area contributed by atoms with E-state index in [2.05, 4.69) is 15.0 Å². The van der Waals surface area contributed by atoms with Crippen LogP contribution in [0.2, 0.25) is 0 Å². The molecule has 0 atom stereocenters. The Bertz CT molecular complexity index is 1170. The fourth-order valence-corrected chi connectivity index (χ4v) is 2.97. The number of nitrogens with zero attached hydrogens (tertiary/aromatic N) is 3. The average Bonchev–Trinajstić information content (AvgIpc) is 2.92. The second kappa shape index (κ2) is 9.04. The number of hydrogen-bond donors (Lipinski definition) is 2. The van der Waals surface area contributed by atoms with Gasteiger partial charge in [-0.05, 0) is 49.7 Å². The van der Waals surface area contributed by atoms with Crippen LogP contribution in [0.25, 0.3) is 5.69 Å². The average molecular weight is 452 g/mol. The van der Waals surface area contributed by atoms with Crippen LogP contribution >= 0.6 is 0 Å². The first kappa shape index (κ1) is 22.7. The van der Waals surface area contributed by atoms with Crippen molar-refractivity contribution in [3.63, 3.8) is 0 Å². The highest BCUT2D eigenvalue weighted by Gasteiger charge is 2.31. The maximum atomic E-state index is 13.0. The normalized spacial score (nSPS) is 11.3. The lowest BCUT2D eigenvalue weighted by Crippen LogP contribution is -2.25. The lowest BCUT2D eigenvalue weighted by molar-refractivity contribution is -0.274. The predicted molar refractivity (Wildman–Crippen MR) is 107 cm³/mol. The molecule has 2 N–H and O–H groups in total. The molecule has 170 valence electrons. The minimum Gasteiger partial charge on any atom is -0.493 e. The zero-order chi connectivity index (χ0) is 23.5. The molecule has 0 spiro atoms. The van der Waals surface area contributed by atoms with Gasteiger partial charge in [-0.2, -0.15) is 0 Å². The van der Waals surface area contributed by atoms with Crippen LogP contribution in [0.5, 0.6) is 11.6 Å². The maximum absolute atomic E-state index is 13.0. The van der Waals surface area contributed by atoms with E-state index in [4.69, 9.17) is 4.74 Å². The first-order chi connectivity index (χ1) is 15.1. The van der Waals surface area contributed by atoms with E-state index in [1.165, 1.54) is 36.0 Å². The second-order valence-electron chi connectivity index (χ2n) is 6.53. The number of imidazole rings is 1. The van der Waals surface area contributed by atoms with Crippen molar-refractivity contribution in [2.24, 2.45) is 0 Å². The summed E-state index contributed by atoms with van der Waals surface area (Å²) >= 11 is 0. The van der Waals surface area contributed by atoms with Gasteiger partial charge in [0, 0.05) is 6.20 Å². The molecule has 0 aliphatic heterocycles. The van der Waals surface area contributed by atoms with E-state index in [-0.39, 0.29) is 30.4 Å². The number of pyridine rings is 1. The molecule has 2 heterocycles. The minimum absolute atomic E-state index is 0.0231. The van der Waals surface area contributed by atoms with Gasteiger partial charge < -0.3 is 14.6 Å². The molecule has 2 aromatic heterocycles. The number of benzene rings is 1. The number of alkyl halides is 3. The highest BCUT2D eigenvalue weighted by molar-refractivity contribution is 5.85. The van der Waals surface area contributed by atoms with Gasteiger partial charge in [-0.25, -0.2) is 14.2 Å². The second-order valence-corrected chi connectivity index (χ2v) is 6.53. The van der Waals surface area contributed by atoms with Gasteiger partial charge in [0.15, 0.2) is 0 Å². The molecule has 0 radical (unpaired) electrons. The Morgan fingerprint density at radius 1 is 1.22 bits per heavy atom. The Kier molecular flexibility index (Phi) is 6.42. The topological polar surface area (TPSA) is 108 Å². The van der Waals surface area contributed by atoms with Crippen molar-refractivity contribution < 1.29 is 32.5 Å². The molecule has 0 bridgehead atoms. The number of anilines is 1. The fourth-order valence-electron chi connectivity index (χ4n) is 2.97. The summed E-state index contributed by atoms with van der Waals surface area (Å²) in [6.07, 6.45) is -2.67. The summed E-state index contributed by atoms with van der Waals surface area (Å²) in [6.45, 7) is 3.31. The van der Waals surface area contributed by atoms with Gasteiger partial charge in [-0.1, -0.05) is 0 Å². The van der Waals surface area contributed by atoms with Crippen LogP contribution in [0.15, 0.2) is 47.5 Å². The fraction of sp³-hybridized carbons (Fsp3) is 0.250. The molecule has 3 aromatic rings. The van der Waals surface area contributed by atoms with E-state index in [0.717, 1.165) is 16.7 Å². The molecular formula is C20H19F3N4O5. The lowest BCUT2D eigenvalue weighted by atomic mass is 10.2. The van der Waals surface area contributed by atoms with E-state index in [1.807, 2.05) is 0 Å². The largest absolute Gasteiger partial charge is 0.573 e. The van der Waals surface area contributed by atoms with Crippen molar-refractivity contribution in [2.75, 3.05) is 11.9 Å². The van der Waals surface area contributed by atoms with E-state index >= 15 is 0 Å². The number of carbonyl (C=O) groups excluding carboxylic acids is 1. The molecule has 0 saturated heterocycles. The van der Waals surface area contributed by atoms with Crippen molar-refractivity contribution in [1.82, 2.24) is 14.1 Å². The van der Waals surface area contributed by atoms with E-state index in [0.29, 0.717) is 11.3 Å². The van der Waals surface area contributed by atoms with Crippen LogP contribution in [0.3, 0.4) is 0 Å². The molecule has 9 nitrogen and oxygen atoms in total. The highest BCUT2D eigenvalue weighted by atomic mass is 19.4. The van der Waals surface area contributed by atoms with Gasteiger partial charge in [0.1, 0.15) is 5.75 Å². The van der Waals surface area contributed by atoms with E-state index < -0.39 is 23.9 Å². The van der Waals surface area contributed by atoms with Gasteiger partial charge in [0.25, 0.3) is 0 Å². The Labute approximate surface area is 179 Å². The van der Waals surface area contributed by atoms with Crippen molar-refractivity contribution in [2.45, 2.75) is 26.8 Å². The third kappa shape index (κ3) is 5.02. The Hall–Kier alpha value is -3.96. The Morgan fingerprint density at radius 3 is 2.53 bits per heavy atom. The summed E-state index contributed by atoms with van der Waals surface area (Å²) in [4.78, 5) is 28.7. The summed E-state index contributed by atoms with van der Waals surface area (Å²) in [7, 11) is 0. The van der Waals surface area contributed by atoms with E-state index in [1.54, 1.807) is 13.0 Å². The molecule has 0 aliphatic rings. The van der Waals surface area contributed by atoms with Gasteiger partial charge in [-0.15, -0.1) is 13.2 Å². The zero-order valence-corrected chi connectivity index (χ0v) is 17.0. The number of rotatable bonds is 6. The van der Waals surface area contributed by atoms with Crippen molar-refractivity contribution in [1.29, 1.82) is 0 Å². The first-order valence-electron chi connectivity index (χ1n) is 9.34. The number of aromatic hydroxyl groups is 1. The number of amides is 1. The Morgan fingerprint density at radius 2 is 1.91 bits per heavy atom. The molecule has 1 amide bonds. The number of carbonyl (C=O) groups is 1. The molecule has 0 unspecified atom stereocenters. The minimum atomic E-state index is -4.85. The van der Waals surface area contributed by atoms with Crippen molar-refractivity contribution in [3.8, 4) is 17.3 Å². The van der Waals surface area contributed by atoms with Crippen molar-refractivity contribution >= 4 is 11.8 Å². The first-order valence-corrected chi connectivity index (χ1v) is 9.34. The summed E-state index contributed by atoms with van der Waals surface area (Å²) in [5.74, 6) is -0.843. The summed E-state index contributed by atoms with van der Waals surface area (Å²) in [6, 6.07) is 6.08. The summed E-state index contributed by atoms with van der Waals surface area (Å²) in [5, 5.41) is 13.0. The predicted octanol–water partition coefficient (Wildman–Crippen LogP) is 3.56.